The fourth-order valence-electron chi connectivity index (χ4n) is 1.50. The lowest BCUT2D eigenvalue weighted by Gasteiger charge is -2.17. The van der Waals surface area contributed by atoms with Crippen LogP contribution in [0.3, 0.4) is 0 Å². The van der Waals surface area contributed by atoms with Crippen LogP contribution in [0.2, 0.25) is 0 Å². The second-order valence-electron chi connectivity index (χ2n) is 4.13. The number of nitrogens with zero attached hydrogens (tertiary/aromatic N) is 1. The van der Waals surface area contributed by atoms with Crippen molar-refractivity contribution < 1.29 is 14.3 Å². The van der Waals surface area contributed by atoms with Gasteiger partial charge in [0, 0.05) is 29.6 Å². The average molecular weight is 408 g/mol. The second kappa shape index (κ2) is 8.39. The summed E-state index contributed by atoms with van der Waals surface area (Å²) >= 11 is 6.67. The number of ether oxygens (including phenoxy) is 1. The minimum absolute atomic E-state index is 0.00501. The van der Waals surface area contributed by atoms with Gasteiger partial charge in [-0.05, 0) is 34.1 Å². The monoisotopic (exact) mass is 406 g/mol. The zero-order valence-electron chi connectivity index (χ0n) is 11.3. The topological polar surface area (TPSA) is 58.6 Å². The SMILES string of the molecule is COCCNC(=O)CN(C)C(=O)c1ccc(Br)cc1Br. The highest BCUT2D eigenvalue weighted by Crippen LogP contribution is 2.22. The summed E-state index contributed by atoms with van der Waals surface area (Å²) in [6.07, 6.45) is 0. The molecule has 0 fully saturated rings. The molecule has 0 heterocycles. The van der Waals surface area contributed by atoms with Crippen LogP contribution in [0, 0.1) is 0 Å². The van der Waals surface area contributed by atoms with Gasteiger partial charge < -0.3 is 15.0 Å². The number of benzene rings is 1. The first-order valence-corrected chi connectivity index (χ1v) is 7.50. The molecule has 20 heavy (non-hydrogen) atoms. The van der Waals surface area contributed by atoms with Crippen molar-refractivity contribution in [1.29, 1.82) is 0 Å². The number of likely N-dealkylation sites (N-methyl/N-ethyl adjacent to an activating group) is 1. The lowest BCUT2D eigenvalue weighted by molar-refractivity contribution is -0.121. The van der Waals surface area contributed by atoms with Crippen molar-refractivity contribution in [2.75, 3.05) is 33.9 Å². The minimum Gasteiger partial charge on any atom is -0.383 e. The van der Waals surface area contributed by atoms with Gasteiger partial charge >= 0.3 is 0 Å². The van der Waals surface area contributed by atoms with E-state index in [1.807, 2.05) is 0 Å². The molecule has 0 spiro atoms. The Morgan fingerprint density at radius 3 is 2.65 bits per heavy atom. The lowest BCUT2D eigenvalue weighted by atomic mass is 10.2. The number of carbonyl (C=O) groups is 2. The maximum atomic E-state index is 12.2. The van der Waals surface area contributed by atoms with E-state index in [2.05, 4.69) is 37.2 Å². The lowest BCUT2D eigenvalue weighted by Crippen LogP contribution is -2.39. The Bertz CT molecular complexity index is 495. The summed E-state index contributed by atoms with van der Waals surface area (Å²) in [5.74, 6) is -0.433. The van der Waals surface area contributed by atoms with Crippen LogP contribution >= 0.6 is 31.9 Å². The van der Waals surface area contributed by atoms with Crippen LogP contribution in [-0.2, 0) is 9.53 Å². The van der Waals surface area contributed by atoms with Crippen molar-refractivity contribution in [2.24, 2.45) is 0 Å². The number of hydrogen-bond donors (Lipinski definition) is 1. The van der Waals surface area contributed by atoms with Gasteiger partial charge in [0.2, 0.25) is 5.91 Å². The summed E-state index contributed by atoms with van der Waals surface area (Å²) in [4.78, 5) is 25.2. The molecule has 0 saturated heterocycles. The molecule has 1 aromatic rings. The molecule has 0 aliphatic carbocycles. The first-order chi connectivity index (χ1) is 9.45. The number of rotatable bonds is 6. The molecule has 0 aromatic heterocycles. The van der Waals surface area contributed by atoms with Crippen LogP contribution in [0.25, 0.3) is 0 Å². The van der Waals surface area contributed by atoms with Gasteiger partial charge in [0.15, 0.2) is 0 Å². The minimum atomic E-state index is -0.217. The molecule has 7 heteroatoms. The first kappa shape index (κ1) is 17.1. The van der Waals surface area contributed by atoms with Crippen molar-refractivity contribution in [3.05, 3.63) is 32.7 Å². The predicted molar refractivity (Wildman–Crippen MR) is 83.7 cm³/mol. The normalized spacial score (nSPS) is 10.2. The predicted octanol–water partition coefficient (Wildman–Crippen LogP) is 2.05. The third-order valence-electron chi connectivity index (χ3n) is 2.52. The van der Waals surface area contributed by atoms with E-state index in [9.17, 15) is 9.59 Å². The van der Waals surface area contributed by atoms with Crippen molar-refractivity contribution in [2.45, 2.75) is 0 Å². The Labute approximate surface area is 134 Å². The second-order valence-corrected chi connectivity index (χ2v) is 5.90. The zero-order valence-corrected chi connectivity index (χ0v) is 14.5. The Morgan fingerprint density at radius 1 is 1.35 bits per heavy atom. The number of methoxy groups -OCH3 is 1. The van der Waals surface area contributed by atoms with Crippen LogP contribution in [-0.4, -0.2) is 50.6 Å². The van der Waals surface area contributed by atoms with E-state index in [0.717, 1.165) is 4.47 Å². The molecular weight excluding hydrogens is 392 g/mol. The van der Waals surface area contributed by atoms with E-state index in [4.69, 9.17) is 4.74 Å². The molecule has 0 saturated carbocycles. The standard InChI is InChI=1S/C13H16Br2N2O3/c1-17(8-12(18)16-5-6-20-2)13(19)10-4-3-9(14)7-11(10)15/h3-4,7H,5-6,8H2,1-2H3,(H,16,18). The van der Waals surface area contributed by atoms with Crippen LogP contribution < -0.4 is 5.32 Å². The largest absolute Gasteiger partial charge is 0.383 e. The van der Waals surface area contributed by atoms with E-state index in [0.29, 0.717) is 23.2 Å². The van der Waals surface area contributed by atoms with E-state index in [1.54, 1.807) is 32.4 Å². The Morgan fingerprint density at radius 2 is 2.05 bits per heavy atom. The van der Waals surface area contributed by atoms with Crippen LogP contribution in [0.1, 0.15) is 10.4 Å². The Hall–Kier alpha value is -0.920. The average Bonchev–Trinajstić information content (AvgIpc) is 2.38. The van der Waals surface area contributed by atoms with Crippen LogP contribution in [0.4, 0.5) is 0 Å². The molecule has 0 bridgehead atoms. The third kappa shape index (κ3) is 5.22. The first-order valence-electron chi connectivity index (χ1n) is 5.92. The molecule has 0 atom stereocenters. The number of nitrogens with one attached hydrogen (secondary N) is 1. The van der Waals surface area contributed by atoms with Gasteiger partial charge in [-0.1, -0.05) is 15.9 Å². The number of carbonyl (C=O) groups excluding carboxylic acids is 2. The van der Waals surface area contributed by atoms with E-state index < -0.39 is 0 Å². The maximum Gasteiger partial charge on any atom is 0.255 e. The van der Waals surface area contributed by atoms with Gasteiger partial charge in [-0.25, -0.2) is 0 Å². The maximum absolute atomic E-state index is 12.2. The molecule has 0 radical (unpaired) electrons. The van der Waals surface area contributed by atoms with E-state index >= 15 is 0 Å². The van der Waals surface area contributed by atoms with E-state index in [1.165, 1.54) is 4.90 Å². The van der Waals surface area contributed by atoms with E-state index in [-0.39, 0.29) is 18.4 Å². The summed E-state index contributed by atoms with van der Waals surface area (Å²) in [7, 11) is 3.15. The van der Waals surface area contributed by atoms with Crippen molar-refractivity contribution in [3.8, 4) is 0 Å². The summed E-state index contributed by atoms with van der Waals surface area (Å²) in [5, 5.41) is 2.67. The summed E-state index contributed by atoms with van der Waals surface area (Å²) in [5.41, 5.74) is 0.514. The van der Waals surface area contributed by atoms with Crippen LogP contribution in [0.15, 0.2) is 27.1 Å². The van der Waals surface area contributed by atoms with Crippen molar-refractivity contribution >= 4 is 43.7 Å². The number of halogens is 2. The van der Waals surface area contributed by atoms with Gasteiger partial charge in [0.05, 0.1) is 18.7 Å². The Balaban J connectivity index is 2.60. The molecular formula is C13H16Br2N2O3. The highest BCUT2D eigenvalue weighted by atomic mass is 79.9. The molecule has 5 nitrogen and oxygen atoms in total. The van der Waals surface area contributed by atoms with Crippen molar-refractivity contribution in [3.63, 3.8) is 0 Å². The highest BCUT2D eigenvalue weighted by Gasteiger charge is 2.17. The highest BCUT2D eigenvalue weighted by molar-refractivity contribution is 9.11. The molecule has 2 amide bonds. The fourth-order valence-corrected chi connectivity index (χ4v) is 2.72. The molecule has 110 valence electrons. The quantitative estimate of drug-likeness (QED) is 0.734. The number of amides is 2. The fraction of sp³-hybridized carbons (Fsp3) is 0.385. The van der Waals surface area contributed by atoms with Crippen molar-refractivity contribution in [1.82, 2.24) is 10.2 Å². The smallest absolute Gasteiger partial charge is 0.255 e. The third-order valence-corrected chi connectivity index (χ3v) is 3.67. The number of hydrogen-bond acceptors (Lipinski definition) is 3. The van der Waals surface area contributed by atoms with Gasteiger partial charge in [0.1, 0.15) is 0 Å². The molecule has 0 unspecified atom stereocenters. The molecule has 1 rings (SSSR count). The van der Waals surface area contributed by atoms with Gasteiger partial charge in [0.25, 0.3) is 5.91 Å². The van der Waals surface area contributed by atoms with Crippen LogP contribution in [0.5, 0.6) is 0 Å². The van der Waals surface area contributed by atoms with Gasteiger partial charge in [-0.15, -0.1) is 0 Å². The zero-order chi connectivity index (χ0) is 15.1. The molecule has 1 N–H and O–H groups in total. The van der Waals surface area contributed by atoms with Gasteiger partial charge in [-0.2, -0.15) is 0 Å². The molecule has 1 aromatic carbocycles. The Kier molecular flexibility index (Phi) is 7.18. The summed E-state index contributed by atoms with van der Waals surface area (Å²) in [6.45, 7) is 0.881. The summed E-state index contributed by atoms with van der Waals surface area (Å²) < 4.78 is 6.39. The van der Waals surface area contributed by atoms with Gasteiger partial charge in [-0.3, -0.25) is 9.59 Å². The molecule has 0 aliphatic heterocycles. The summed E-state index contributed by atoms with van der Waals surface area (Å²) in [6, 6.07) is 5.28. The molecule has 0 aliphatic rings.